The maximum absolute atomic E-state index is 12.3. The van der Waals surface area contributed by atoms with Crippen LogP contribution in [0.3, 0.4) is 0 Å². The molecule has 2 aromatic carbocycles. The van der Waals surface area contributed by atoms with Gasteiger partial charge in [-0.05, 0) is 49.8 Å². The Balaban J connectivity index is 0.00000338. The number of nitrogens with one attached hydrogen (secondary N) is 1. The third-order valence-corrected chi connectivity index (χ3v) is 3.83. The van der Waals surface area contributed by atoms with Crippen LogP contribution in [0.5, 0.6) is 0 Å². The molecule has 0 aliphatic rings. The minimum absolute atomic E-state index is 0. The fourth-order valence-corrected chi connectivity index (χ4v) is 2.55. The van der Waals surface area contributed by atoms with Crippen molar-refractivity contribution in [3.05, 3.63) is 59.2 Å². The molecule has 2 amide bonds. The first kappa shape index (κ1) is 24.7. The molecule has 2 rings (SSSR count). The highest BCUT2D eigenvalue weighted by atomic mass is 35.5. The molecular formula is C19H26Cl2N4O2. The predicted molar refractivity (Wildman–Crippen MR) is 115 cm³/mol. The fraction of sp³-hybridized carbons (Fsp3) is 0.263. The van der Waals surface area contributed by atoms with Crippen molar-refractivity contribution in [2.24, 2.45) is 5.73 Å². The summed E-state index contributed by atoms with van der Waals surface area (Å²) in [6, 6.07) is 12.6. The van der Waals surface area contributed by atoms with Crippen molar-refractivity contribution < 1.29 is 9.59 Å². The molecule has 0 atom stereocenters. The third kappa shape index (κ3) is 7.46. The number of hydrogen-bond acceptors (Lipinski definition) is 4. The molecule has 8 heteroatoms. The number of benzene rings is 2. The quantitative estimate of drug-likeness (QED) is 0.608. The van der Waals surface area contributed by atoms with E-state index in [4.69, 9.17) is 11.5 Å². The Morgan fingerprint density at radius 3 is 2.30 bits per heavy atom. The van der Waals surface area contributed by atoms with Crippen LogP contribution in [0, 0.1) is 0 Å². The van der Waals surface area contributed by atoms with Crippen LogP contribution in [0.15, 0.2) is 42.5 Å². The molecule has 2 aromatic rings. The SMILES string of the molecule is CN(C)Cc1ccc(C(N)=O)cc1NC(=O)CCc1ccccc1N.Cl.Cl. The topological polar surface area (TPSA) is 101 Å². The number of carbonyl (C=O) groups excluding carboxylic acids is 2. The summed E-state index contributed by atoms with van der Waals surface area (Å²) in [5.41, 5.74) is 14.8. The summed E-state index contributed by atoms with van der Waals surface area (Å²) >= 11 is 0. The Hall–Kier alpha value is -2.28. The number of primary amides is 1. The molecule has 0 saturated carbocycles. The maximum atomic E-state index is 12.3. The normalized spacial score (nSPS) is 9.89. The number of hydrogen-bond donors (Lipinski definition) is 3. The average molecular weight is 413 g/mol. The summed E-state index contributed by atoms with van der Waals surface area (Å²) in [5, 5.41) is 2.89. The Kier molecular flexibility index (Phi) is 10.5. The second-order valence-corrected chi connectivity index (χ2v) is 6.22. The average Bonchev–Trinajstić information content (AvgIpc) is 2.55. The lowest BCUT2D eigenvalue weighted by Gasteiger charge is -2.16. The number of carbonyl (C=O) groups is 2. The summed E-state index contributed by atoms with van der Waals surface area (Å²) < 4.78 is 0. The summed E-state index contributed by atoms with van der Waals surface area (Å²) in [6.45, 7) is 0.639. The number of aryl methyl sites for hydroxylation is 1. The van der Waals surface area contributed by atoms with E-state index in [1.165, 1.54) is 0 Å². The highest BCUT2D eigenvalue weighted by Gasteiger charge is 2.12. The van der Waals surface area contributed by atoms with Gasteiger partial charge in [0.2, 0.25) is 11.8 Å². The van der Waals surface area contributed by atoms with Crippen LogP contribution in [-0.2, 0) is 17.8 Å². The molecule has 0 fully saturated rings. The molecule has 0 aliphatic carbocycles. The molecule has 5 N–H and O–H groups in total. The van der Waals surface area contributed by atoms with E-state index in [1.54, 1.807) is 12.1 Å². The van der Waals surface area contributed by atoms with E-state index < -0.39 is 5.91 Å². The van der Waals surface area contributed by atoms with Gasteiger partial charge in [-0.2, -0.15) is 0 Å². The van der Waals surface area contributed by atoms with E-state index in [2.05, 4.69) is 5.32 Å². The number of nitrogens with two attached hydrogens (primary N) is 2. The largest absolute Gasteiger partial charge is 0.399 e. The molecule has 0 bridgehead atoms. The Morgan fingerprint density at radius 1 is 1.04 bits per heavy atom. The van der Waals surface area contributed by atoms with Crippen LogP contribution >= 0.6 is 24.8 Å². The zero-order valence-corrected chi connectivity index (χ0v) is 17.0. The number of rotatable bonds is 7. The number of anilines is 2. The van der Waals surface area contributed by atoms with E-state index in [-0.39, 0.29) is 30.7 Å². The lowest BCUT2D eigenvalue weighted by molar-refractivity contribution is -0.116. The van der Waals surface area contributed by atoms with Gasteiger partial charge in [-0.1, -0.05) is 24.3 Å². The van der Waals surface area contributed by atoms with Gasteiger partial charge in [0.05, 0.1) is 0 Å². The number of halogens is 2. The Morgan fingerprint density at radius 2 is 1.70 bits per heavy atom. The standard InChI is InChI=1S/C19H24N4O2.2ClH/c1-23(2)12-15-8-7-14(19(21)25)11-17(15)22-18(24)10-9-13-5-3-4-6-16(13)20;;/h3-8,11H,9-10,12,20H2,1-2H3,(H2,21,25)(H,22,24);2*1H. The lowest BCUT2D eigenvalue weighted by atomic mass is 10.1. The molecule has 0 unspecified atom stereocenters. The van der Waals surface area contributed by atoms with Gasteiger partial charge in [-0.3, -0.25) is 9.59 Å². The van der Waals surface area contributed by atoms with Gasteiger partial charge in [0.25, 0.3) is 0 Å². The van der Waals surface area contributed by atoms with Gasteiger partial charge < -0.3 is 21.7 Å². The number of nitrogens with zero attached hydrogens (tertiary/aromatic N) is 1. The first-order valence-electron chi connectivity index (χ1n) is 8.07. The van der Waals surface area contributed by atoms with Crippen molar-refractivity contribution in [3.8, 4) is 0 Å². The van der Waals surface area contributed by atoms with Crippen molar-refractivity contribution in [1.29, 1.82) is 0 Å². The Labute approximate surface area is 172 Å². The molecule has 0 radical (unpaired) electrons. The summed E-state index contributed by atoms with van der Waals surface area (Å²) in [7, 11) is 3.87. The van der Waals surface area contributed by atoms with Crippen LogP contribution < -0.4 is 16.8 Å². The zero-order valence-electron chi connectivity index (χ0n) is 15.4. The van der Waals surface area contributed by atoms with Crippen molar-refractivity contribution in [2.75, 3.05) is 25.1 Å². The highest BCUT2D eigenvalue weighted by Crippen LogP contribution is 2.20. The monoisotopic (exact) mass is 412 g/mol. The van der Waals surface area contributed by atoms with Crippen LogP contribution in [0.2, 0.25) is 0 Å². The van der Waals surface area contributed by atoms with Gasteiger partial charge in [-0.25, -0.2) is 0 Å². The van der Waals surface area contributed by atoms with E-state index in [0.717, 1.165) is 11.1 Å². The molecule has 0 spiro atoms. The molecule has 6 nitrogen and oxygen atoms in total. The Bertz CT molecular complexity index is 782. The molecule has 0 aliphatic heterocycles. The van der Waals surface area contributed by atoms with Crippen LogP contribution in [0.4, 0.5) is 11.4 Å². The van der Waals surface area contributed by atoms with Crippen molar-refractivity contribution >= 4 is 48.0 Å². The van der Waals surface area contributed by atoms with E-state index in [9.17, 15) is 9.59 Å². The zero-order chi connectivity index (χ0) is 18.4. The van der Waals surface area contributed by atoms with Crippen LogP contribution in [0.25, 0.3) is 0 Å². The summed E-state index contributed by atoms with van der Waals surface area (Å²) in [6.07, 6.45) is 0.855. The van der Waals surface area contributed by atoms with Gasteiger partial charge in [0.1, 0.15) is 0 Å². The fourth-order valence-electron chi connectivity index (χ4n) is 2.55. The third-order valence-electron chi connectivity index (χ3n) is 3.83. The second kappa shape index (κ2) is 11.4. The van der Waals surface area contributed by atoms with Crippen molar-refractivity contribution in [3.63, 3.8) is 0 Å². The maximum Gasteiger partial charge on any atom is 0.248 e. The first-order chi connectivity index (χ1) is 11.9. The van der Waals surface area contributed by atoms with Crippen LogP contribution in [0.1, 0.15) is 27.9 Å². The molecule has 0 heterocycles. The van der Waals surface area contributed by atoms with Gasteiger partial charge >= 0.3 is 0 Å². The number of para-hydroxylation sites is 1. The summed E-state index contributed by atoms with van der Waals surface area (Å²) in [5.74, 6) is -0.658. The van der Waals surface area contributed by atoms with Gasteiger partial charge in [0.15, 0.2) is 0 Å². The molecular weight excluding hydrogens is 387 g/mol. The van der Waals surface area contributed by atoms with Crippen LogP contribution in [-0.4, -0.2) is 30.8 Å². The molecule has 0 saturated heterocycles. The van der Waals surface area contributed by atoms with E-state index >= 15 is 0 Å². The van der Waals surface area contributed by atoms with Crippen molar-refractivity contribution in [1.82, 2.24) is 4.90 Å². The highest BCUT2D eigenvalue weighted by molar-refractivity contribution is 5.97. The minimum atomic E-state index is -0.524. The summed E-state index contributed by atoms with van der Waals surface area (Å²) in [4.78, 5) is 25.7. The second-order valence-electron chi connectivity index (χ2n) is 6.22. The van der Waals surface area contributed by atoms with Gasteiger partial charge in [-0.15, -0.1) is 24.8 Å². The first-order valence-corrected chi connectivity index (χ1v) is 8.07. The lowest BCUT2D eigenvalue weighted by Crippen LogP contribution is -2.18. The van der Waals surface area contributed by atoms with Crippen molar-refractivity contribution in [2.45, 2.75) is 19.4 Å². The predicted octanol–water partition coefficient (Wildman–Crippen LogP) is 2.84. The number of nitrogen functional groups attached to an aromatic ring is 1. The molecule has 27 heavy (non-hydrogen) atoms. The molecule has 148 valence electrons. The molecule has 0 aromatic heterocycles. The number of amides is 2. The smallest absolute Gasteiger partial charge is 0.248 e. The van der Waals surface area contributed by atoms with E-state index in [0.29, 0.717) is 36.3 Å². The van der Waals surface area contributed by atoms with Gasteiger partial charge in [0, 0.05) is 29.9 Å². The van der Waals surface area contributed by atoms with E-state index in [1.807, 2.05) is 49.3 Å². The minimum Gasteiger partial charge on any atom is -0.399 e.